The van der Waals surface area contributed by atoms with Crippen molar-refractivity contribution in [2.75, 3.05) is 0 Å². The van der Waals surface area contributed by atoms with E-state index in [4.69, 9.17) is 0 Å². The lowest BCUT2D eigenvalue weighted by atomic mass is 9.94. The first-order valence-electron chi connectivity index (χ1n) is 8.11. The van der Waals surface area contributed by atoms with E-state index in [0.717, 1.165) is 29.5 Å². The largest absolute Gasteiger partial charge is 0.242 e. The van der Waals surface area contributed by atoms with Crippen LogP contribution in [0.15, 0.2) is 54.6 Å². The van der Waals surface area contributed by atoms with E-state index < -0.39 is 6.17 Å². The van der Waals surface area contributed by atoms with Crippen LogP contribution in [0.4, 0.5) is 4.39 Å². The van der Waals surface area contributed by atoms with Crippen LogP contribution in [0.3, 0.4) is 0 Å². The third-order valence-electron chi connectivity index (χ3n) is 3.94. The number of alkyl halides is 1. The second kappa shape index (κ2) is 8.61. The Morgan fingerprint density at radius 1 is 0.810 bits per heavy atom. The van der Waals surface area contributed by atoms with Gasteiger partial charge in [-0.25, -0.2) is 4.39 Å². The van der Waals surface area contributed by atoms with Gasteiger partial charge in [-0.2, -0.15) is 0 Å². The predicted molar refractivity (Wildman–Crippen MR) is 89.1 cm³/mol. The van der Waals surface area contributed by atoms with Crippen molar-refractivity contribution in [2.45, 2.75) is 51.6 Å². The lowest BCUT2D eigenvalue weighted by Gasteiger charge is -2.14. The fourth-order valence-corrected chi connectivity index (χ4v) is 2.73. The molecule has 0 aliphatic rings. The highest BCUT2D eigenvalue weighted by molar-refractivity contribution is 5.67. The van der Waals surface area contributed by atoms with Crippen LogP contribution in [-0.2, 0) is 0 Å². The van der Waals surface area contributed by atoms with Gasteiger partial charge < -0.3 is 0 Å². The SMILES string of the molecule is CCCCCCCC(F)c1ccccc1-c1ccccc1. The summed E-state index contributed by atoms with van der Waals surface area (Å²) in [5, 5.41) is 0. The fourth-order valence-electron chi connectivity index (χ4n) is 2.73. The number of hydrogen-bond acceptors (Lipinski definition) is 0. The van der Waals surface area contributed by atoms with Crippen molar-refractivity contribution >= 4 is 0 Å². The predicted octanol–water partition coefficient (Wildman–Crippen LogP) is 6.72. The van der Waals surface area contributed by atoms with Gasteiger partial charge in [-0.05, 0) is 23.1 Å². The lowest BCUT2D eigenvalue weighted by molar-refractivity contribution is 0.313. The molecule has 0 aliphatic carbocycles. The van der Waals surface area contributed by atoms with Crippen molar-refractivity contribution in [1.29, 1.82) is 0 Å². The third kappa shape index (κ3) is 4.70. The molecule has 0 nitrogen and oxygen atoms in total. The Bertz CT molecular complexity index is 518. The zero-order valence-corrected chi connectivity index (χ0v) is 12.9. The summed E-state index contributed by atoms with van der Waals surface area (Å²) < 4.78 is 14.6. The molecule has 0 radical (unpaired) electrons. The highest BCUT2D eigenvalue weighted by atomic mass is 19.1. The van der Waals surface area contributed by atoms with Gasteiger partial charge in [0, 0.05) is 0 Å². The molecule has 0 amide bonds. The van der Waals surface area contributed by atoms with Crippen LogP contribution in [-0.4, -0.2) is 0 Å². The summed E-state index contributed by atoms with van der Waals surface area (Å²) in [6, 6.07) is 18.0. The summed E-state index contributed by atoms with van der Waals surface area (Å²) in [5.41, 5.74) is 2.96. The second-order valence-corrected chi connectivity index (χ2v) is 5.62. The van der Waals surface area contributed by atoms with E-state index in [1.54, 1.807) is 0 Å². The number of hydrogen-bond donors (Lipinski definition) is 0. The van der Waals surface area contributed by atoms with Gasteiger partial charge in [0.15, 0.2) is 0 Å². The summed E-state index contributed by atoms with van der Waals surface area (Å²) in [7, 11) is 0. The molecule has 0 N–H and O–H groups in total. The van der Waals surface area contributed by atoms with Crippen LogP contribution in [0.5, 0.6) is 0 Å². The van der Waals surface area contributed by atoms with Crippen molar-refractivity contribution in [3.63, 3.8) is 0 Å². The molecule has 0 saturated heterocycles. The summed E-state index contributed by atoms with van der Waals surface area (Å²) in [6.45, 7) is 2.20. The zero-order chi connectivity index (χ0) is 14.9. The molecule has 0 spiro atoms. The van der Waals surface area contributed by atoms with Crippen molar-refractivity contribution < 1.29 is 4.39 Å². The zero-order valence-electron chi connectivity index (χ0n) is 12.9. The maximum absolute atomic E-state index is 14.6. The van der Waals surface area contributed by atoms with E-state index in [0.29, 0.717) is 6.42 Å². The molecule has 112 valence electrons. The standard InChI is InChI=1S/C20H25F/c1-2-3-4-5-9-16-20(21)19-15-11-10-14-18(19)17-12-7-6-8-13-17/h6-8,10-15,20H,2-5,9,16H2,1H3. The van der Waals surface area contributed by atoms with Crippen LogP contribution >= 0.6 is 0 Å². The van der Waals surface area contributed by atoms with E-state index in [1.165, 1.54) is 19.3 Å². The number of halogens is 1. The van der Waals surface area contributed by atoms with Gasteiger partial charge in [0.1, 0.15) is 6.17 Å². The second-order valence-electron chi connectivity index (χ2n) is 5.62. The maximum Gasteiger partial charge on any atom is 0.126 e. The number of unbranched alkanes of at least 4 members (excludes halogenated alkanes) is 4. The van der Waals surface area contributed by atoms with Gasteiger partial charge >= 0.3 is 0 Å². The van der Waals surface area contributed by atoms with Gasteiger partial charge in [-0.3, -0.25) is 0 Å². The minimum Gasteiger partial charge on any atom is -0.242 e. The molecule has 0 aliphatic heterocycles. The maximum atomic E-state index is 14.6. The fraction of sp³-hybridized carbons (Fsp3) is 0.400. The van der Waals surface area contributed by atoms with E-state index in [9.17, 15) is 4.39 Å². The minimum atomic E-state index is -0.858. The molecular formula is C20H25F. The highest BCUT2D eigenvalue weighted by Crippen LogP contribution is 2.33. The third-order valence-corrected chi connectivity index (χ3v) is 3.94. The van der Waals surface area contributed by atoms with Crippen molar-refractivity contribution in [3.05, 3.63) is 60.2 Å². The van der Waals surface area contributed by atoms with Gasteiger partial charge in [-0.15, -0.1) is 0 Å². The van der Waals surface area contributed by atoms with Crippen LogP contribution in [0.2, 0.25) is 0 Å². The van der Waals surface area contributed by atoms with Crippen LogP contribution < -0.4 is 0 Å². The molecule has 1 unspecified atom stereocenters. The Hall–Kier alpha value is -1.63. The van der Waals surface area contributed by atoms with Crippen LogP contribution in [0.1, 0.15) is 57.2 Å². The van der Waals surface area contributed by atoms with E-state index in [-0.39, 0.29) is 0 Å². The Labute approximate surface area is 128 Å². The summed E-state index contributed by atoms with van der Waals surface area (Å²) in [6.07, 6.45) is 5.61. The average Bonchev–Trinajstić information content (AvgIpc) is 2.55. The first-order chi connectivity index (χ1) is 10.3. The monoisotopic (exact) mass is 284 g/mol. The minimum absolute atomic E-state index is 0.633. The number of rotatable bonds is 8. The molecule has 0 bridgehead atoms. The Balaban J connectivity index is 2.02. The first kappa shape index (κ1) is 15.8. The van der Waals surface area contributed by atoms with Crippen molar-refractivity contribution in [2.24, 2.45) is 0 Å². The molecule has 1 atom stereocenters. The first-order valence-corrected chi connectivity index (χ1v) is 8.11. The molecule has 2 aromatic carbocycles. The molecule has 0 aromatic heterocycles. The Morgan fingerprint density at radius 2 is 1.48 bits per heavy atom. The van der Waals surface area contributed by atoms with Gasteiger partial charge in [-0.1, -0.05) is 93.6 Å². The summed E-state index contributed by atoms with van der Waals surface area (Å²) in [5.74, 6) is 0. The van der Waals surface area contributed by atoms with Crippen molar-refractivity contribution in [1.82, 2.24) is 0 Å². The normalized spacial score (nSPS) is 12.3. The van der Waals surface area contributed by atoms with E-state index in [2.05, 4.69) is 6.92 Å². The lowest BCUT2D eigenvalue weighted by Crippen LogP contribution is -1.95. The van der Waals surface area contributed by atoms with Gasteiger partial charge in [0.25, 0.3) is 0 Å². The van der Waals surface area contributed by atoms with Crippen LogP contribution in [0, 0.1) is 0 Å². The topological polar surface area (TPSA) is 0 Å². The van der Waals surface area contributed by atoms with E-state index >= 15 is 0 Å². The molecule has 2 aromatic rings. The molecule has 21 heavy (non-hydrogen) atoms. The molecule has 2 rings (SSSR count). The van der Waals surface area contributed by atoms with Gasteiger partial charge in [0.2, 0.25) is 0 Å². The van der Waals surface area contributed by atoms with Gasteiger partial charge in [0.05, 0.1) is 0 Å². The molecular weight excluding hydrogens is 259 g/mol. The van der Waals surface area contributed by atoms with E-state index in [1.807, 2.05) is 54.6 Å². The summed E-state index contributed by atoms with van der Waals surface area (Å²) >= 11 is 0. The highest BCUT2D eigenvalue weighted by Gasteiger charge is 2.14. The Kier molecular flexibility index (Phi) is 6.46. The smallest absolute Gasteiger partial charge is 0.126 e. The average molecular weight is 284 g/mol. The molecule has 0 saturated carbocycles. The molecule has 1 heteroatoms. The molecule has 0 heterocycles. The molecule has 0 fully saturated rings. The Morgan fingerprint density at radius 3 is 2.24 bits per heavy atom. The van der Waals surface area contributed by atoms with Crippen molar-refractivity contribution in [3.8, 4) is 11.1 Å². The van der Waals surface area contributed by atoms with Crippen LogP contribution in [0.25, 0.3) is 11.1 Å². The number of benzene rings is 2. The summed E-state index contributed by atoms with van der Waals surface area (Å²) in [4.78, 5) is 0. The quantitative estimate of drug-likeness (QED) is 0.472.